The molecule has 0 saturated heterocycles. The smallest absolute Gasteiger partial charge is 0.0546 e. The summed E-state index contributed by atoms with van der Waals surface area (Å²) in [5.41, 5.74) is 14.3. The number of para-hydroxylation sites is 1. The van der Waals surface area contributed by atoms with E-state index in [4.69, 9.17) is 0 Å². The first-order valence-electron chi connectivity index (χ1n) is 17.9. The molecule has 0 atom stereocenters. The van der Waals surface area contributed by atoms with Gasteiger partial charge in [0, 0.05) is 33.4 Å². The van der Waals surface area contributed by atoms with Gasteiger partial charge in [-0.2, -0.15) is 0 Å². The zero-order valence-corrected chi connectivity index (χ0v) is 28.5. The van der Waals surface area contributed by atoms with Crippen molar-refractivity contribution < 1.29 is 0 Å². The van der Waals surface area contributed by atoms with Gasteiger partial charge in [-0.1, -0.05) is 146 Å². The maximum Gasteiger partial charge on any atom is 0.0546 e. The van der Waals surface area contributed by atoms with Gasteiger partial charge < -0.3 is 9.80 Å². The lowest BCUT2D eigenvalue weighted by Gasteiger charge is -2.33. The van der Waals surface area contributed by atoms with Crippen molar-refractivity contribution in [3.63, 3.8) is 0 Å². The molecule has 9 aromatic carbocycles. The fraction of sp³-hybridized carbons (Fsp3) is 0. The van der Waals surface area contributed by atoms with Crippen LogP contribution in [0.25, 0.3) is 54.9 Å². The van der Waals surface area contributed by atoms with E-state index in [0.717, 1.165) is 22.7 Å². The molecule has 10 rings (SSSR count). The van der Waals surface area contributed by atoms with Crippen LogP contribution in [0.4, 0.5) is 34.1 Å². The molecule has 0 N–H and O–H groups in total. The Morgan fingerprint density at radius 2 is 0.904 bits per heavy atom. The lowest BCUT2D eigenvalue weighted by atomic mass is 9.89. The third-order valence-electron chi connectivity index (χ3n) is 10.4. The van der Waals surface area contributed by atoms with E-state index in [0.29, 0.717) is 0 Å². The van der Waals surface area contributed by atoms with Gasteiger partial charge in [0.25, 0.3) is 0 Å². The molecule has 0 saturated carbocycles. The third-order valence-corrected chi connectivity index (χ3v) is 10.4. The highest BCUT2D eigenvalue weighted by atomic mass is 15.2. The summed E-state index contributed by atoms with van der Waals surface area (Å²) in [7, 11) is 0. The first-order chi connectivity index (χ1) is 25.8. The average molecular weight is 663 g/mol. The van der Waals surface area contributed by atoms with Gasteiger partial charge in [0.05, 0.1) is 17.1 Å². The van der Waals surface area contributed by atoms with Crippen LogP contribution in [0.3, 0.4) is 0 Å². The minimum atomic E-state index is 1.11. The maximum absolute atomic E-state index is 2.41. The maximum atomic E-state index is 2.41. The standard InChI is InChI=1S/C50H34N2/c1-3-12-35(13-4-1)36-24-29-42(30-25-36)51(47-22-10-15-38-14-7-8-20-44(38)47)43-31-26-37(27-32-43)40-28-33-48-46(34-40)45-21-9-16-39-17-11-23-49(50(39)45)52(48)41-18-5-2-6-19-41/h1-34H. The summed E-state index contributed by atoms with van der Waals surface area (Å²) in [6.45, 7) is 0. The summed E-state index contributed by atoms with van der Waals surface area (Å²) in [6, 6.07) is 74.6. The van der Waals surface area contributed by atoms with Crippen LogP contribution in [0.2, 0.25) is 0 Å². The van der Waals surface area contributed by atoms with Gasteiger partial charge in [-0.05, 0) is 99.3 Å². The van der Waals surface area contributed by atoms with E-state index >= 15 is 0 Å². The molecule has 1 aliphatic heterocycles. The van der Waals surface area contributed by atoms with Gasteiger partial charge in [-0.3, -0.25) is 0 Å². The summed E-state index contributed by atoms with van der Waals surface area (Å²) in [4.78, 5) is 4.78. The number of hydrogen-bond donors (Lipinski definition) is 0. The lowest BCUT2D eigenvalue weighted by Crippen LogP contribution is -2.15. The second-order valence-electron chi connectivity index (χ2n) is 13.4. The second-order valence-corrected chi connectivity index (χ2v) is 13.4. The average Bonchev–Trinajstić information content (AvgIpc) is 3.22. The molecule has 0 radical (unpaired) electrons. The minimum absolute atomic E-state index is 1.11. The van der Waals surface area contributed by atoms with Crippen molar-refractivity contribution in [1.29, 1.82) is 0 Å². The number of rotatable bonds is 6. The van der Waals surface area contributed by atoms with E-state index in [2.05, 4.69) is 216 Å². The molecule has 1 aliphatic rings. The van der Waals surface area contributed by atoms with E-state index in [1.165, 1.54) is 66.3 Å². The van der Waals surface area contributed by atoms with Crippen molar-refractivity contribution in [2.45, 2.75) is 0 Å². The SMILES string of the molecule is c1ccc(-c2ccc(N(c3ccc(-c4ccc5c(c4)-c4cccc6cccc(c46)N5c4ccccc4)cc3)c3cccc4ccccc34)cc2)cc1. The Hall–Kier alpha value is -6.90. The van der Waals surface area contributed by atoms with Crippen LogP contribution >= 0.6 is 0 Å². The Morgan fingerprint density at radius 3 is 1.65 bits per heavy atom. The highest BCUT2D eigenvalue weighted by Crippen LogP contribution is 2.51. The quantitative estimate of drug-likeness (QED) is 0.175. The van der Waals surface area contributed by atoms with Crippen molar-refractivity contribution in [2.75, 3.05) is 9.80 Å². The summed E-state index contributed by atoms with van der Waals surface area (Å²) in [5, 5.41) is 4.98. The van der Waals surface area contributed by atoms with Crippen LogP contribution in [-0.2, 0) is 0 Å². The van der Waals surface area contributed by atoms with Crippen LogP contribution in [-0.4, -0.2) is 0 Å². The molecule has 2 heteroatoms. The minimum Gasteiger partial charge on any atom is -0.310 e. The van der Waals surface area contributed by atoms with Gasteiger partial charge in [0.2, 0.25) is 0 Å². The number of fused-ring (bicyclic) bond motifs is 3. The Morgan fingerprint density at radius 1 is 0.346 bits per heavy atom. The molecule has 0 aliphatic carbocycles. The Balaban J connectivity index is 1.08. The molecule has 52 heavy (non-hydrogen) atoms. The topological polar surface area (TPSA) is 6.48 Å². The predicted octanol–water partition coefficient (Wildman–Crippen LogP) is 14.2. The molecular formula is C50H34N2. The molecular weight excluding hydrogens is 629 g/mol. The lowest BCUT2D eigenvalue weighted by molar-refractivity contribution is 1.28. The van der Waals surface area contributed by atoms with Crippen LogP contribution in [0.5, 0.6) is 0 Å². The third kappa shape index (κ3) is 5.04. The molecule has 0 unspecified atom stereocenters. The second kappa shape index (κ2) is 12.5. The van der Waals surface area contributed by atoms with Gasteiger partial charge in [0.1, 0.15) is 0 Å². The van der Waals surface area contributed by atoms with E-state index in [1.807, 2.05) is 0 Å². The zero-order valence-electron chi connectivity index (χ0n) is 28.5. The number of anilines is 6. The van der Waals surface area contributed by atoms with E-state index in [9.17, 15) is 0 Å². The molecule has 244 valence electrons. The van der Waals surface area contributed by atoms with Crippen LogP contribution in [0.15, 0.2) is 206 Å². The normalized spacial score (nSPS) is 11.8. The fourth-order valence-electron chi connectivity index (χ4n) is 7.91. The van der Waals surface area contributed by atoms with E-state index < -0.39 is 0 Å². The van der Waals surface area contributed by atoms with Crippen molar-refractivity contribution in [1.82, 2.24) is 0 Å². The predicted molar refractivity (Wildman–Crippen MR) is 221 cm³/mol. The summed E-state index contributed by atoms with van der Waals surface area (Å²) in [5.74, 6) is 0. The van der Waals surface area contributed by atoms with Crippen LogP contribution in [0.1, 0.15) is 0 Å². The van der Waals surface area contributed by atoms with Crippen LogP contribution < -0.4 is 9.80 Å². The Labute approximate surface area is 304 Å². The first-order valence-corrected chi connectivity index (χ1v) is 17.9. The van der Waals surface area contributed by atoms with Crippen molar-refractivity contribution in [2.24, 2.45) is 0 Å². The van der Waals surface area contributed by atoms with E-state index in [-0.39, 0.29) is 0 Å². The largest absolute Gasteiger partial charge is 0.310 e. The van der Waals surface area contributed by atoms with Gasteiger partial charge in [0.15, 0.2) is 0 Å². The molecule has 1 heterocycles. The number of nitrogens with zero attached hydrogens (tertiary/aromatic N) is 2. The Bertz CT molecular complexity index is 2710. The van der Waals surface area contributed by atoms with Gasteiger partial charge in [-0.15, -0.1) is 0 Å². The molecule has 0 amide bonds. The fourth-order valence-corrected chi connectivity index (χ4v) is 7.91. The first kappa shape index (κ1) is 30.0. The van der Waals surface area contributed by atoms with Crippen LogP contribution in [0, 0.1) is 0 Å². The molecule has 0 aromatic heterocycles. The molecule has 0 bridgehead atoms. The number of hydrogen-bond acceptors (Lipinski definition) is 2. The molecule has 9 aromatic rings. The molecule has 0 fully saturated rings. The highest BCUT2D eigenvalue weighted by Gasteiger charge is 2.26. The molecule has 0 spiro atoms. The summed E-state index contributed by atoms with van der Waals surface area (Å²) < 4.78 is 0. The highest BCUT2D eigenvalue weighted by molar-refractivity contribution is 6.14. The van der Waals surface area contributed by atoms with Crippen molar-refractivity contribution in [3.8, 4) is 33.4 Å². The van der Waals surface area contributed by atoms with Crippen molar-refractivity contribution in [3.05, 3.63) is 206 Å². The monoisotopic (exact) mass is 662 g/mol. The van der Waals surface area contributed by atoms with Gasteiger partial charge in [-0.25, -0.2) is 0 Å². The number of benzene rings is 9. The van der Waals surface area contributed by atoms with E-state index in [1.54, 1.807) is 0 Å². The Kier molecular flexibility index (Phi) is 7.18. The van der Waals surface area contributed by atoms with Gasteiger partial charge >= 0.3 is 0 Å². The zero-order chi connectivity index (χ0) is 34.4. The summed E-state index contributed by atoms with van der Waals surface area (Å²) >= 11 is 0. The van der Waals surface area contributed by atoms with Crippen molar-refractivity contribution >= 4 is 55.7 Å². The molecule has 2 nitrogen and oxygen atoms in total. The summed E-state index contributed by atoms with van der Waals surface area (Å²) in [6.07, 6.45) is 0.